The summed E-state index contributed by atoms with van der Waals surface area (Å²) < 4.78 is 19.4. The summed E-state index contributed by atoms with van der Waals surface area (Å²) in [6.45, 7) is 3.91. The molecule has 1 amide bonds. The van der Waals surface area contributed by atoms with E-state index in [4.69, 9.17) is 4.74 Å². The molecule has 1 aliphatic heterocycles. The highest BCUT2D eigenvalue weighted by atomic mass is 31.2. The predicted molar refractivity (Wildman–Crippen MR) is 128 cm³/mol. The van der Waals surface area contributed by atoms with Crippen molar-refractivity contribution in [1.82, 2.24) is 0 Å². The number of hydrogen-bond acceptors (Lipinski definition) is 3. The van der Waals surface area contributed by atoms with E-state index < -0.39 is 12.4 Å². The highest BCUT2D eigenvalue weighted by Gasteiger charge is 2.67. The second kappa shape index (κ2) is 9.31. The van der Waals surface area contributed by atoms with Gasteiger partial charge in [0.2, 0.25) is 0 Å². The predicted octanol–water partition coefficient (Wildman–Crippen LogP) is 5.86. The zero-order chi connectivity index (χ0) is 22.8. The van der Waals surface area contributed by atoms with Crippen LogP contribution in [0.2, 0.25) is 0 Å². The van der Waals surface area contributed by atoms with Crippen LogP contribution < -0.4 is 5.32 Å². The quantitative estimate of drug-likeness (QED) is 0.420. The van der Waals surface area contributed by atoms with Crippen LogP contribution in [0.4, 0.5) is 10.1 Å². The zero-order valence-electron chi connectivity index (χ0n) is 19.0. The fourth-order valence-corrected chi connectivity index (χ4v) is 11.2. The molecular formula is C26H32FNO3P+. The van der Waals surface area contributed by atoms with Crippen molar-refractivity contribution < 1.29 is 18.7 Å². The third kappa shape index (κ3) is 4.32. The van der Waals surface area contributed by atoms with Crippen molar-refractivity contribution in [2.45, 2.75) is 57.7 Å². The van der Waals surface area contributed by atoms with Crippen molar-refractivity contribution in [1.29, 1.82) is 0 Å². The van der Waals surface area contributed by atoms with Crippen LogP contribution in [0.3, 0.4) is 0 Å². The van der Waals surface area contributed by atoms with Crippen LogP contribution in [0.25, 0.3) is 0 Å². The molecule has 1 heterocycles. The lowest BCUT2D eigenvalue weighted by Gasteiger charge is -2.47. The van der Waals surface area contributed by atoms with E-state index in [-0.39, 0.29) is 24.3 Å². The van der Waals surface area contributed by atoms with E-state index in [9.17, 15) is 14.0 Å². The minimum atomic E-state index is -1.85. The van der Waals surface area contributed by atoms with E-state index in [1.807, 2.05) is 44.2 Å². The lowest BCUT2D eigenvalue weighted by atomic mass is 9.83. The van der Waals surface area contributed by atoms with Crippen molar-refractivity contribution in [3.63, 3.8) is 0 Å². The Morgan fingerprint density at radius 3 is 2.22 bits per heavy atom. The van der Waals surface area contributed by atoms with E-state index in [0.29, 0.717) is 11.8 Å². The number of anilines is 1. The van der Waals surface area contributed by atoms with E-state index >= 15 is 0 Å². The smallest absolute Gasteiger partial charge is 0.344 e. The Kier molecular flexibility index (Phi) is 6.67. The molecule has 6 heteroatoms. The van der Waals surface area contributed by atoms with Gasteiger partial charge in [-0.1, -0.05) is 30.3 Å². The Bertz CT molecular complexity index is 974. The highest BCUT2D eigenvalue weighted by Crippen LogP contribution is 2.78. The molecule has 2 aliphatic rings. The molecule has 32 heavy (non-hydrogen) atoms. The number of hydrogen-bond donors (Lipinski definition) is 1. The Morgan fingerprint density at radius 2 is 1.66 bits per heavy atom. The maximum Gasteiger partial charge on any atom is 0.344 e. The van der Waals surface area contributed by atoms with Gasteiger partial charge in [-0.15, -0.1) is 0 Å². The summed E-state index contributed by atoms with van der Waals surface area (Å²) in [7, 11) is -1.85. The molecule has 1 saturated carbocycles. The third-order valence-corrected chi connectivity index (χ3v) is 13.0. The number of ether oxygens (including phenoxy) is 1. The summed E-state index contributed by atoms with van der Waals surface area (Å²) >= 11 is 0. The molecule has 4 nitrogen and oxygen atoms in total. The van der Waals surface area contributed by atoms with E-state index in [1.54, 1.807) is 0 Å². The number of benzene rings is 2. The van der Waals surface area contributed by atoms with Gasteiger partial charge < -0.3 is 10.1 Å². The first-order valence-corrected chi connectivity index (χ1v) is 13.8. The van der Waals surface area contributed by atoms with Crippen molar-refractivity contribution in [2.75, 3.05) is 23.8 Å². The molecule has 0 aromatic heterocycles. The van der Waals surface area contributed by atoms with E-state index in [0.717, 1.165) is 61.1 Å². The van der Waals surface area contributed by atoms with Gasteiger partial charge in [0.25, 0.3) is 5.91 Å². The zero-order valence-corrected chi connectivity index (χ0v) is 19.8. The number of amides is 1. The van der Waals surface area contributed by atoms with Gasteiger partial charge in [0.05, 0.1) is 12.3 Å². The molecule has 1 aliphatic carbocycles. The van der Waals surface area contributed by atoms with Crippen molar-refractivity contribution in [3.8, 4) is 0 Å². The van der Waals surface area contributed by atoms with Crippen LogP contribution in [-0.2, 0) is 20.9 Å². The number of carbonyl (C=O) groups is 2. The summed E-state index contributed by atoms with van der Waals surface area (Å²) in [6.07, 6.45) is 7.15. The SMILES string of the molecule is Cc1cc(F)cc(C)c1NC(=O)C1([P+]2(CC(=O)OCc3ccccc3)CCCC2)CCC1. The molecule has 0 spiro atoms. The number of halogens is 1. The molecule has 2 aromatic rings. The van der Waals surface area contributed by atoms with Gasteiger partial charge >= 0.3 is 5.97 Å². The number of esters is 1. The monoisotopic (exact) mass is 456 g/mol. The van der Waals surface area contributed by atoms with Crippen molar-refractivity contribution >= 4 is 24.8 Å². The van der Waals surface area contributed by atoms with E-state index in [2.05, 4.69) is 5.32 Å². The molecule has 2 aromatic carbocycles. The largest absolute Gasteiger partial charge is 0.458 e. The third-order valence-electron chi connectivity index (χ3n) is 7.34. The molecule has 2 fully saturated rings. The van der Waals surface area contributed by atoms with Crippen LogP contribution in [0.5, 0.6) is 0 Å². The van der Waals surface area contributed by atoms with Gasteiger partial charge in [-0.05, 0) is 74.8 Å². The Hall–Kier alpha value is -2.26. The summed E-state index contributed by atoms with van der Waals surface area (Å²) in [4.78, 5) is 26.7. The fourth-order valence-electron chi connectivity index (χ4n) is 5.48. The first-order chi connectivity index (χ1) is 15.4. The number of nitrogens with one attached hydrogen (secondary N) is 1. The molecule has 1 saturated heterocycles. The van der Waals surface area contributed by atoms with Crippen LogP contribution in [-0.4, -0.2) is 35.5 Å². The second-order valence-corrected chi connectivity index (χ2v) is 13.7. The first-order valence-electron chi connectivity index (χ1n) is 11.5. The minimum absolute atomic E-state index is 0.0210. The Labute approximate surface area is 190 Å². The van der Waals surface area contributed by atoms with Crippen LogP contribution >= 0.6 is 7.26 Å². The summed E-state index contributed by atoms with van der Waals surface area (Å²) in [6, 6.07) is 12.6. The molecule has 0 bridgehead atoms. The van der Waals surface area contributed by atoms with Gasteiger partial charge in [0.15, 0.2) is 11.3 Å². The molecular weight excluding hydrogens is 424 g/mol. The summed E-state index contributed by atoms with van der Waals surface area (Å²) in [5.41, 5.74) is 3.13. The Morgan fingerprint density at radius 1 is 1.03 bits per heavy atom. The van der Waals surface area contributed by atoms with Gasteiger partial charge in [0, 0.05) is 12.9 Å². The average molecular weight is 457 g/mol. The molecule has 0 atom stereocenters. The van der Waals surface area contributed by atoms with Crippen molar-refractivity contribution in [3.05, 3.63) is 65.0 Å². The van der Waals surface area contributed by atoms with Gasteiger partial charge in [-0.25, -0.2) is 9.18 Å². The molecule has 4 rings (SSSR count). The number of carbonyl (C=O) groups excluding carboxylic acids is 2. The molecule has 170 valence electrons. The summed E-state index contributed by atoms with van der Waals surface area (Å²) in [5, 5.41) is 2.70. The molecule has 0 unspecified atom stereocenters. The second-order valence-electron chi connectivity index (χ2n) is 9.36. The van der Waals surface area contributed by atoms with Gasteiger partial charge in [-0.2, -0.15) is 0 Å². The normalized spacial score (nSPS) is 18.6. The fraction of sp³-hybridized carbons (Fsp3) is 0.462. The maximum absolute atomic E-state index is 13.7. The van der Waals surface area contributed by atoms with E-state index in [1.165, 1.54) is 12.1 Å². The number of rotatable bonds is 7. The minimum Gasteiger partial charge on any atom is -0.458 e. The molecule has 0 radical (unpaired) electrons. The lowest BCUT2D eigenvalue weighted by Crippen LogP contribution is -2.52. The van der Waals surface area contributed by atoms with Crippen LogP contribution in [0.15, 0.2) is 42.5 Å². The highest BCUT2D eigenvalue weighted by molar-refractivity contribution is 7.79. The Balaban J connectivity index is 1.53. The first kappa shape index (κ1) is 22.9. The number of aryl methyl sites for hydroxylation is 2. The van der Waals surface area contributed by atoms with Crippen LogP contribution in [0, 0.1) is 19.7 Å². The van der Waals surface area contributed by atoms with Gasteiger partial charge in [0.1, 0.15) is 12.4 Å². The van der Waals surface area contributed by atoms with Crippen molar-refractivity contribution in [2.24, 2.45) is 0 Å². The maximum atomic E-state index is 13.7. The standard InChI is InChI=1S/C26H31FNO3P/c1-19-15-22(27)16-20(2)24(19)28-25(30)26(11-8-12-26)32(13-6-7-14-32)18-23(29)31-17-21-9-4-3-5-10-21/h3-5,9-10,15-16H,6-8,11-14,17-18H2,1-2H3/p+1. The van der Waals surface area contributed by atoms with Gasteiger partial charge in [-0.3, -0.25) is 4.79 Å². The lowest BCUT2D eigenvalue weighted by molar-refractivity contribution is -0.141. The van der Waals surface area contributed by atoms with Crippen LogP contribution in [0.1, 0.15) is 48.8 Å². The summed E-state index contributed by atoms with van der Waals surface area (Å²) in [5.74, 6) is -0.456. The topological polar surface area (TPSA) is 55.4 Å². The molecule has 1 N–H and O–H groups in total. The average Bonchev–Trinajstić information content (AvgIpc) is 3.18.